The van der Waals surface area contributed by atoms with Gasteiger partial charge >= 0.3 is 5.97 Å². The van der Waals surface area contributed by atoms with E-state index < -0.39 is 5.56 Å². The minimum atomic E-state index is -0.394. The van der Waals surface area contributed by atoms with E-state index in [1.54, 1.807) is 0 Å². The Bertz CT molecular complexity index is 188. The van der Waals surface area contributed by atoms with Crippen LogP contribution in [0, 0.1) is 5.92 Å². The van der Waals surface area contributed by atoms with Gasteiger partial charge in [-0.25, -0.2) is 0 Å². The van der Waals surface area contributed by atoms with E-state index in [-0.39, 0.29) is 5.97 Å². The summed E-state index contributed by atoms with van der Waals surface area (Å²) in [5.41, 5.74) is -0.394. The van der Waals surface area contributed by atoms with E-state index >= 15 is 0 Å². The van der Waals surface area contributed by atoms with Crippen molar-refractivity contribution >= 4 is 17.6 Å². The molecule has 0 heterocycles. The van der Waals surface area contributed by atoms with Crippen LogP contribution in [0.4, 0.5) is 0 Å². The summed E-state index contributed by atoms with van der Waals surface area (Å²) in [6, 6.07) is 0. The third kappa shape index (κ3) is 4.87. The van der Waals surface area contributed by atoms with Crippen molar-refractivity contribution in [2.24, 2.45) is 5.92 Å². The molecular weight excluding hydrogens is 212 g/mol. The predicted octanol–water partition coefficient (Wildman–Crippen LogP) is 3.87. The number of esters is 1. The van der Waals surface area contributed by atoms with Crippen LogP contribution in [0.5, 0.6) is 0 Å². The number of hydrogen-bond acceptors (Lipinski definition) is 2. The zero-order valence-corrected chi connectivity index (χ0v) is 10.3. The van der Waals surface area contributed by atoms with E-state index in [2.05, 4.69) is 6.92 Å². The summed E-state index contributed by atoms with van der Waals surface area (Å²) in [6.45, 7) is 2.06. The van der Waals surface area contributed by atoms with Gasteiger partial charge in [0, 0.05) is 12.3 Å². The number of rotatable bonds is 5. The summed E-state index contributed by atoms with van der Waals surface area (Å²) in [4.78, 5) is 11.3. The molecule has 0 aromatic heterocycles. The highest BCUT2D eigenvalue weighted by Gasteiger charge is 2.24. The van der Waals surface area contributed by atoms with Crippen molar-refractivity contribution in [2.75, 3.05) is 0 Å². The van der Waals surface area contributed by atoms with Crippen molar-refractivity contribution in [1.29, 1.82) is 0 Å². The smallest absolute Gasteiger partial charge is 0.307 e. The SMILES string of the molecule is CCCCC(=O)OC(Cl)C1CCCCC1. The average molecular weight is 233 g/mol. The molecule has 0 amide bonds. The van der Waals surface area contributed by atoms with Gasteiger partial charge in [0.2, 0.25) is 0 Å². The van der Waals surface area contributed by atoms with E-state index in [0.29, 0.717) is 12.3 Å². The summed E-state index contributed by atoms with van der Waals surface area (Å²) in [6.07, 6.45) is 8.38. The van der Waals surface area contributed by atoms with Crippen LogP contribution in [-0.4, -0.2) is 11.5 Å². The van der Waals surface area contributed by atoms with Gasteiger partial charge in [-0.05, 0) is 19.3 Å². The summed E-state index contributed by atoms with van der Waals surface area (Å²) >= 11 is 6.09. The Labute approximate surface area is 97.3 Å². The minimum Gasteiger partial charge on any atom is -0.446 e. The first-order valence-corrected chi connectivity index (χ1v) is 6.51. The fraction of sp³-hybridized carbons (Fsp3) is 0.917. The highest BCUT2D eigenvalue weighted by atomic mass is 35.5. The third-order valence-corrected chi connectivity index (χ3v) is 3.44. The molecule has 3 heteroatoms. The second kappa shape index (κ2) is 7.10. The standard InChI is InChI=1S/C12H21ClO2/c1-2-3-9-11(14)15-12(13)10-7-5-4-6-8-10/h10,12H,2-9H2,1H3. The van der Waals surface area contributed by atoms with Crippen molar-refractivity contribution in [3.05, 3.63) is 0 Å². The van der Waals surface area contributed by atoms with Crippen molar-refractivity contribution in [1.82, 2.24) is 0 Å². The number of hydrogen-bond donors (Lipinski definition) is 0. The quantitative estimate of drug-likeness (QED) is 0.532. The molecule has 0 aliphatic heterocycles. The van der Waals surface area contributed by atoms with Gasteiger partial charge in [0.15, 0.2) is 5.56 Å². The molecule has 1 atom stereocenters. The molecule has 1 saturated carbocycles. The van der Waals surface area contributed by atoms with E-state index in [9.17, 15) is 4.79 Å². The molecule has 0 saturated heterocycles. The van der Waals surface area contributed by atoms with Crippen LogP contribution >= 0.6 is 11.6 Å². The summed E-state index contributed by atoms with van der Waals surface area (Å²) in [5.74, 6) is 0.244. The average Bonchev–Trinajstić information content (AvgIpc) is 2.27. The molecule has 1 aliphatic carbocycles. The zero-order chi connectivity index (χ0) is 11.1. The molecule has 2 nitrogen and oxygen atoms in total. The predicted molar refractivity (Wildman–Crippen MR) is 61.8 cm³/mol. The molecule has 0 spiro atoms. The lowest BCUT2D eigenvalue weighted by Gasteiger charge is -2.25. The molecule has 0 aromatic carbocycles. The lowest BCUT2D eigenvalue weighted by atomic mass is 9.90. The Hall–Kier alpha value is -0.240. The second-order valence-electron chi connectivity index (χ2n) is 4.34. The van der Waals surface area contributed by atoms with Gasteiger partial charge in [-0.15, -0.1) is 0 Å². The maximum absolute atomic E-state index is 11.3. The van der Waals surface area contributed by atoms with Crippen LogP contribution in [0.1, 0.15) is 58.3 Å². The molecule has 15 heavy (non-hydrogen) atoms. The molecule has 0 bridgehead atoms. The van der Waals surface area contributed by atoms with Gasteiger partial charge in [0.05, 0.1) is 0 Å². The second-order valence-corrected chi connectivity index (χ2v) is 4.77. The molecular formula is C12H21ClO2. The van der Waals surface area contributed by atoms with Gasteiger partial charge in [0.25, 0.3) is 0 Å². The van der Waals surface area contributed by atoms with Gasteiger partial charge in [-0.2, -0.15) is 0 Å². The highest BCUT2D eigenvalue weighted by Crippen LogP contribution is 2.29. The molecule has 1 fully saturated rings. The first kappa shape index (κ1) is 12.8. The number of unbranched alkanes of at least 4 members (excludes halogenated alkanes) is 1. The summed E-state index contributed by atoms with van der Waals surface area (Å²) < 4.78 is 5.22. The van der Waals surface area contributed by atoms with Crippen molar-refractivity contribution in [3.63, 3.8) is 0 Å². The van der Waals surface area contributed by atoms with E-state index in [1.165, 1.54) is 19.3 Å². The van der Waals surface area contributed by atoms with E-state index in [1.807, 2.05) is 0 Å². The van der Waals surface area contributed by atoms with E-state index in [4.69, 9.17) is 16.3 Å². The fourth-order valence-electron chi connectivity index (χ4n) is 2.00. The largest absolute Gasteiger partial charge is 0.446 e. The Kier molecular flexibility index (Phi) is 6.07. The van der Waals surface area contributed by atoms with Crippen molar-refractivity contribution in [2.45, 2.75) is 63.9 Å². The highest BCUT2D eigenvalue weighted by molar-refractivity contribution is 6.20. The van der Waals surface area contributed by atoms with E-state index in [0.717, 1.165) is 25.7 Å². The summed E-state index contributed by atoms with van der Waals surface area (Å²) in [5, 5.41) is 0. The van der Waals surface area contributed by atoms with Crippen LogP contribution < -0.4 is 0 Å². The first-order valence-electron chi connectivity index (χ1n) is 6.07. The number of carbonyl (C=O) groups excluding carboxylic acids is 1. The normalized spacial score (nSPS) is 19.9. The zero-order valence-electron chi connectivity index (χ0n) is 9.51. The minimum absolute atomic E-state index is 0.137. The van der Waals surface area contributed by atoms with Crippen LogP contribution in [0.15, 0.2) is 0 Å². The number of ether oxygens (including phenoxy) is 1. The first-order chi connectivity index (χ1) is 7.24. The fourth-order valence-corrected chi connectivity index (χ4v) is 2.35. The van der Waals surface area contributed by atoms with Gasteiger partial charge in [0.1, 0.15) is 0 Å². The number of carbonyl (C=O) groups is 1. The molecule has 1 unspecified atom stereocenters. The monoisotopic (exact) mass is 232 g/mol. The third-order valence-electron chi connectivity index (χ3n) is 3.00. The Morgan fingerprint density at radius 1 is 1.40 bits per heavy atom. The maximum Gasteiger partial charge on any atom is 0.307 e. The number of halogens is 1. The maximum atomic E-state index is 11.3. The van der Waals surface area contributed by atoms with Gasteiger partial charge in [-0.3, -0.25) is 4.79 Å². The Morgan fingerprint density at radius 2 is 2.07 bits per heavy atom. The molecule has 0 N–H and O–H groups in total. The molecule has 1 aliphatic rings. The Morgan fingerprint density at radius 3 is 2.67 bits per heavy atom. The van der Waals surface area contributed by atoms with Crippen LogP contribution in [-0.2, 0) is 9.53 Å². The van der Waals surface area contributed by atoms with Crippen LogP contribution in [0.25, 0.3) is 0 Å². The molecule has 88 valence electrons. The molecule has 0 radical (unpaired) electrons. The summed E-state index contributed by atoms with van der Waals surface area (Å²) in [7, 11) is 0. The lowest BCUT2D eigenvalue weighted by Crippen LogP contribution is -2.23. The van der Waals surface area contributed by atoms with Crippen molar-refractivity contribution in [3.8, 4) is 0 Å². The lowest BCUT2D eigenvalue weighted by molar-refractivity contribution is -0.147. The molecule has 1 rings (SSSR count). The molecule has 0 aromatic rings. The topological polar surface area (TPSA) is 26.3 Å². The van der Waals surface area contributed by atoms with Crippen molar-refractivity contribution < 1.29 is 9.53 Å². The van der Waals surface area contributed by atoms with Gasteiger partial charge in [-0.1, -0.05) is 44.2 Å². The van der Waals surface area contributed by atoms with Crippen LogP contribution in [0.2, 0.25) is 0 Å². The van der Waals surface area contributed by atoms with Crippen LogP contribution in [0.3, 0.4) is 0 Å². The number of alkyl halides is 1. The Balaban J connectivity index is 2.21. The van der Waals surface area contributed by atoms with Gasteiger partial charge < -0.3 is 4.74 Å².